The molecule has 1 heterocycles. The first-order valence-corrected chi connectivity index (χ1v) is 6.61. The Morgan fingerprint density at radius 3 is 2.21 bits per heavy atom. The van der Waals surface area contributed by atoms with Crippen molar-refractivity contribution in [2.24, 2.45) is 0 Å². The van der Waals surface area contributed by atoms with Gasteiger partial charge in [0.15, 0.2) is 5.82 Å². The number of hydrogen-bond donors (Lipinski definition) is 1. The number of nitrogen functional groups attached to an aromatic ring is 1. The number of anilines is 1. The Kier molecular flexibility index (Phi) is 3.56. The molecule has 1 aromatic heterocycles. The summed E-state index contributed by atoms with van der Waals surface area (Å²) in [6, 6.07) is 6.25. The van der Waals surface area contributed by atoms with Crippen LogP contribution in [0.1, 0.15) is 42.1 Å². The number of nitrogens with zero attached hydrogens (tertiary/aromatic N) is 2. The molecule has 100 valence electrons. The number of benzene rings is 1. The van der Waals surface area contributed by atoms with Gasteiger partial charge in [-0.2, -0.15) is 0 Å². The van der Waals surface area contributed by atoms with Crippen LogP contribution >= 0.6 is 0 Å². The fraction of sp³-hybridized carbons (Fsp3) is 0.375. The van der Waals surface area contributed by atoms with Crippen LogP contribution in [0.3, 0.4) is 0 Å². The van der Waals surface area contributed by atoms with E-state index < -0.39 is 0 Å². The largest absolute Gasteiger partial charge is 0.383 e. The average Bonchev–Trinajstić information content (AvgIpc) is 2.31. The van der Waals surface area contributed by atoms with Crippen molar-refractivity contribution in [3.8, 4) is 11.4 Å². The zero-order valence-corrected chi connectivity index (χ0v) is 12.3. The monoisotopic (exact) mass is 255 g/mol. The normalized spacial score (nSPS) is 11.1. The summed E-state index contributed by atoms with van der Waals surface area (Å²) < 4.78 is 0. The second-order valence-electron chi connectivity index (χ2n) is 5.39. The number of nitrogens with two attached hydrogens (primary N) is 1. The van der Waals surface area contributed by atoms with E-state index in [1.165, 1.54) is 11.1 Å². The van der Waals surface area contributed by atoms with Crippen molar-refractivity contribution in [2.75, 3.05) is 5.73 Å². The summed E-state index contributed by atoms with van der Waals surface area (Å²) >= 11 is 0. The van der Waals surface area contributed by atoms with Crippen LogP contribution in [0.25, 0.3) is 11.4 Å². The van der Waals surface area contributed by atoms with Crippen molar-refractivity contribution < 1.29 is 0 Å². The molecule has 1 aromatic carbocycles. The van der Waals surface area contributed by atoms with E-state index >= 15 is 0 Å². The van der Waals surface area contributed by atoms with Gasteiger partial charge < -0.3 is 5.73 Å². The predicted molar refractivity (Wildman–Crippen MR) is 80.2 cm³/mol. The van der Waals surface area contributed by atoms with Crippen molar-refractivity contribution in [3.05, 3.63) is 40.6 Å². The molecule has 2 N–H and O–H groups in total. The second kappa shape index (κ2) is 5.00. The van der Waals surface area contributed by atoms with Crippen LogP contribution < -0.4 is 5.73 Å². The Balaban J connectivity index is 2.55. The topological polar surface area (TPSA) is 51.8 Å². The first-order chi connectivity index (χ1) is 8.90. The summed E-state index contributed by atoms with van der Waals surface area (Å²) in [7, 11) is 0. The number of aryl methyl sites for hydroxylation is 3. The lowest BCUT2D eigenvalue weighted by molar-refractivity contribution is 0.836. The van der Waals surface area contributed by atoms with Gasteiger partial charge in [-0.3, -0.25) is 0 Å². The minimum atomic E-state index is 0.341. The van der Waals surface area contributed by atoms with Gasteiger partial charge in [0.05, 0.1) is 0 Å². The van der Waals surface area contributed by atoms with Gasteiger partial charge in [-0.15, -0.1) is 0 Å². The van der Waals surface area contributed by atoms with Crippen molar-refractivity contribution in [1.82, 2.24) is 9.97 Å². The maximum absolute atomic E-state index is 6.08. The summed E-state index contributed by atoms with van der Waals surface area (Å²) in [6.07, 6.45) is 0. The third kappa shape index (κ3) is 2.60. The summed E-state index contributed by atoms with van der Waals surface area (Å²) in [5.41, 5.74) is 11.6. The molecule has 0 aliphatic rings. The van der Waals surface area contributed by atoms with Gasteiger partial charge >= 0.3 is 0 Å². The number of hydrogen-bond acceptors (Lipinski definition) is 3. The van der Waals surface area contributed by atoms with Gasteiger partial charge in [-0.25, -0.2) is 9.97 Å². The summed E-state index contributed by atoms with van der Waals surface area (Å²) in [4.78, 5) is 9.07. The van der Waals surface area contributed by atoms with Gasteiger partial charge in [-0.05, 0) is 43.9 Å². The van der Waals surface area contributed by atoms with E-state index in [0.717, 1.165) is 16.8 Å². The van der Waals surface area contributed by atoms with Gasteiger partial charge in [0.25, 0.3) is 0 Å². The van der Waals surface area contributed by atoms with Crippen LogP contribution in [0.2, 0.25) is 0 Å². The van der Waals surface area contributed by atoms with Crippen LogP contribution in [0, 0.1) is 20.8 Å². The molecule has 0 aliphatic heterocycles. The average molecular weight is 255 g/mol. The molecule has 3 nitrogen and oxygen atoms in total. The maximum atomic E-state index is 6.08. The first kappa shape index (κ1) is 13.5. The Hall–Kier alpha value is -1.90. The number of rotatable bonds is 2. The molecule has 19 heavy (non-hydrogen) atoms. The molecule has 0 fully saturated rings. The molecule has 0 aliphatic carbocycles. The van der Waals surface area contributed by atoms with Gasteiger partial charge in [0, 0.05) is 16.8 Å². The van der Waals surface area contributed by atoms with E-state index in [2.05, 4.69) is 49.8 Å². The smallest absolute Gasteiger partial charge is 0.161 e. The highest BCUT2D eigenvalue weighted by atomic mass is 15.0. The lowest BCUT2D eigenvalue weighted by Crippen LogP contribution is -2.06. The third-order valence-corrected chi connectivity index (χ3v) is 3.51. The lowest BCUT2D eigenvalue weighted by Gasteiger charge is -2.13. The summed E-state index contributed by atoms with van der Waals surface area (Å²) in [6.45, 7) is 10.4. The van der Waals surface area contributed by atoms with Crippen molar-refractivity contribution in [3.63, 3.8) is 0 Å². The molecule has 0 unspecified atom stereocenters. The number of aromatic nitrogens is 2. The fourth-order valence-corrected chi connectivity index (χ4v) is 2.33. The minimum absolute atomic E-state index is 0.341. The standard InChI is InChI=1S/C16H21N3/c1-9(2)14-12(5)18-16(19-15(14)17)13-7-6-10(3)11(4)8-13/h6-9H,1-5H3,(H2,17,18,19). The van der Waals surface area contributed by atoms with Crippen LogP contribution in [0.15, 0.2) is 18.2 Å². The molecule has 0 saturated carbocycles. The molecule has 0 atom stereocenters. The SMILES string of the molecule is Cc1ccc(-c2nc(C)c(C(C)C)c(N)n2)cc1C. The van der Waals surface area contributed by atoms with E-state index in [0.29, 0.717) is 17.6 Å². The molecule has 3 heteroatoms. The Morgan fingerprint density at radius 2 is 1.68 bits per heavy atom. The van der Waals surface area contributed by atoms with Gasteiger partial charge in [-0.1, -0.05) is 26.0 Å². The zero-order valence-electron chi connectivity index (χ0n) is 12.3. The molecule has 0 amide bonds. The van der Waals surface area contributed by atoms with E-state index in [1.54, 1.807) is 0 Å². The molecule has 2 rings (SSSR count). The van der Waals surface area contributed by atoms with Crippen LogP contribution in [-0.2, 0) is 0 Å². The summed E-state index contributed by atoms with van der Waals surface area (Å²) in [5.74, 6) is 1.65. The van der Waals surface area contributed by atoms with E-state index in [1.807, 2.05) is 13.0 Å². The van der Waals surface area contributed by atoms with Gasteiger partial charge in [0.1, 0.15) is 5.82 Å². The summed E-state index contributed by atoms with van der Waals surface area (Å²) in [5, 5.41) is 0. The van der Waals surface area contributed by atoms with Gasteiger partial charge in [0.2, 0.25) is 0 Å². The minimum Gasteiger partial charge on any atom is -0.383 e. The van der Waals surface area contributed by atoms with E-state index in [-0.39, 0.29) is 0 Å². The Morgan fingerprint density at radius 1 is 1.00 bits per heavy atom. The Bertz CT molecular complexity index is 592. The van der Waals surface area contributed by atoms with Crippen LogP contribution in [-0.4, -0.2) is 9.97 Å². The fourth-order valence-electron chi connectivity index (χ4n) is 2.33. The molecule has 2 aromatic rings. The Labute approximate surface area is 114 Å². The zero-order chi connectivity index (χ0) is 14.2. The van der Waals surface area contributed by atoms with Crippen LogP contribution in [0.4, 0.5) is 5.82 Å². The molecule has 0 bridgehead atoms. The third-order valence-electron chi connectivity index (χ3n) is 3.51. The molecule has 0 spiro atoms. The highest BCUT2D eigenvalue weighted by Gasteiger charge is 2.13. The second-order valence-corrected chi connectivity index (χ2v) is 5.39. The highest BCUT2D eigenvalue weighted by molar-refractivity contribution is 5.60. The van der Waals surface area contributed by atoms with E-state index in [9.17, 15) is 0 Å². The van der Waals surface area contributed by atoms with Crippen molar-refractivity contribution >= 4 is 5.82 Å². The maximum Gasteiger partial charge on any atom is 0.161 e. The molecular weight excluding hydrogens is 234 g/mol. The van der Waals surface area contributed by atoms with Crippen LogP contribution in [0.5, 0.6) is 0 Å². The highest BCUT2D eigenvalue weighted by Crippen LogP contribution is 2.26. The quantitative estimate of drug-likeness (QED) is 0.888. The predicted octanol–water partition coefficient (Wildman–Crippen LogP) is 3.77. The van der Waals surface area contributed by atoms with E-state index in [4.69, 9.17) is 5.73 Å². The molecular formula is C16H21N3. The molecule has 0 radical (unpaired) electrons. The molecule has 0 saturated heterocycles. The van der Waals surface area contributed by atoms with Crippen molar-refractivity contribution in [1.29, 1.82) is 0 Å². The first-order valence-electron chi connectivity index (χ1n) is 6.61. The van der Waals surface area contributed by atoms with Crippen molar-refractivity contribution in [2.45, 2.75) is 40.5 Å². The lowest BCUT2D eigenvalue weighted by atomic mass is 10.0.